The molecular formula is C25H46N2O6. The van der Waals surface area contributed by atoms with Crippen LogP contribution in [0.3, 0.4) is 0 Å². The zero-order chi connectivity index (χ0) is 26.2. The molecule has 33 heavy (non-hydrogen) atoms. The summed E-state index contributed by atoms with van der Waals surface area (Å²) in [6.07, 6.45) is 0.209. The molecule has 0 aliphatic heterocycles. The van der Waals surface area contributed by atoms with E-state index in [1.807, 2.05) is 13.8 Å². The van der Waals surface area contributed by atoms with Crippen LogP contribution in [-0.2, 0) is 23.9 Å². The van der Waals surface area contributed by atoms with Gasteiger partial charge in [-0.15, -0.1) is 0 Å². The van der Waals surface area contributed by atoms with Crippen molar-refractivity contribution in [3.05, 3.63) is 0 Å². The number of alkyl carbamates (subject to hydrolysis) is 1. The zero-order valence-electron chi connectivity index (χ0n) is 22.5. The quantitative estimate of drug-likeness (QED) is 0.454. The fourth-order valence-corrected chi connectivity index (χ4v) is 2.90. The number of nitrogens with one attached hydrogen (secondary N) is 2. The number of carbonyl (C=O) groups is 4. The van der Waals surface area contributed by atoms with E-state index in [2.05, 4.69) is 31.4 Å². The summed E-state index contributed by atoms with van der Waals surface area (Å²) in [5.41, 5.74) is -1.41. The van der Waals surface area contributed by atoms with E-state index < -0.39 is 41.3 Å². The molecule has 2 N–H and O–H groups in total. The smallest absolute Gasteiger partial charge is 0.408 e. The molecule has 0 aromatic carbocycles. The van der Waals surface area contributed by atoms with Gasteiger partial charge >= 0.3 is 12.1 Å². The van der Waals surface area contributed by atoms with Gasteiger partial charge < -0.3 is 20.1 Å². The number of hydrogen-bond donors (Lipinski definition) is 2. The number of ether oxygens (including phenoxy) is 2. The number of hydrogen-bond acceptors (Lipinski definition) is 6. The van der Waals surface area contributed by atoms with Crippen molar-refractivity contribution in [1.82, 2.24) is 10.6 Å². The van der Waals surface area contributed by atoms with Gasteiger partial charge in [0.25, 0.3) is 0 Å². The molecule has 2 atom stereocenters. The third-order valence-electron chi connectivity index (χ3n) is 4.50. The Morgan fingerprint density at radius 1 is 0.758 bits per heavy atom. The molecule has 0 aromatic rings. The van der Waals surface area contributed by atoms with Crippen LogP contribution in [0, 0.1) is 11.3 Å². The normalized spacial score (nSPS) is 14.3. The molecule has 0 bridgehead atoms. The van der Waals surface area contributed by atoms with Gasteiger partial charge in [-0.25, -0.2) is 4.79 Å². The van der Waals surface area contributed by atoms with Crippen molar-refractivity contribution in [1.29, 1.82) is 0 Å². The minimum atomic E-state index is -1.05. The van der Waals surface area contributed by atoms with Gasteiger partial charge in [-0.3, -0.25) is 14.4 Å². The lowest BCUT2D eigenvalue weighted by atomic mass is 9.87. The van der Waals surface area contributed by atoms with E-state index in [4.69, 9.17) is 9.47 Å². The van der Waals surface area contributed by atoms with Gasteiger partial charge in [-0.2, -0.15) is 0 Å². The molecule has 0 aromatic heterocycles. The third kappa shape index (κ3) is 15.4. The molecule has 0 saturated heterocycles. The highest BCUT2D eigenvalue weighted by Gasteiger charge is 2.31. The van der Waals surface area contributed by atoms with Gasteiger partial charge in [0, 0.05) is 12.8 Å². The van der Waals surface area contributed by atoms with Gasteiger partial charge in [0.05, 0.1) is 6.04 Å². The Labute approximate surface area is 199 Å². The Balaban J connectivity index is 5.42. The standard InChI is InChI=1S/C25H46N2O6/c1-16(2)20(18(28)14-15-23(3,4)5)27-21(30)17(26-22(31)33-25(9,10)11)12-13-19(29)32-24(6,7)8/h16-17,20H,12-15H2,1-11H3,(H,26,31)(H,27,30). The SMILES string of the molecule is CC(C)C(NC(=O)C(CCC(=O)OC(C)(C)C)NC(=O)OC(C)(C)C)C(=O)CCC(C)(C)C. The van der Waals surface area contributed by atoms with Crippen molar-refractivity contribution in [2.24, 2.45) is 11.3 Å². The summed E-state index contributed by atoms with van der Waals surface area (Å²) in [6, 6.07) is -1.74. The van der Waals surface area contributed by atoms with Crippen LogP contribution in [0.15, 0.2) is 0 Å². The van der Waals surface area contributed by atoms with E-state index in [-0.39, 0.29) is 30.0 Å². The number of carbonyl (C=O) groups excluding carboxylic acids is 4. The lowest BCUT2D eigenvalue weighted by Gasteiger charge is -2.27. The number of esters is 1. The highest BCUT2D eigenvalue weighted by Crippen LogP contribution is 2.22. The van der Waals surface area contributed by atoms with Crippen LogP contribution in [0.2, 0.25) is 0 Å². The maximum absolute atomic E-state index is 13.1. The molecule has 0 fully saturated rings. The Kier molecular flexibility index (Phi) is 11.6. The Morgan fingerprint density at radius 3 is 1.70 bits per heavy atom. The summed E-state index contributed by atoms with van der Waals surface area (Å²) in [5.74, 6) is -1.20. The predicted molar refractivity (Wildman–Crippen MR) is 129 cm³/mol. The Morgan fingerprint density at radius 2 is 1.27 bits per heavy atom. The monoisotopic (exact) mass is 470 g/mol. The van der Waals surface area contributed by atoms with E-state index in [9.17, 15) is 19.2 Å². The summed E-state index contributed by atoms with van der Waals surface area (Å²) < 4.78 is 10.6. The molecular weight excluding hydrogens is 424 g/mol. The maximum Gasteiger partial charge on any atom is 0.408 e. The van der Waals surface area contributed by atoms with Crippen LogP contribution in [0.5, 0.6) is 0 Å². The van der Waals surface area contributed by atoms with Crippen LogP contribution in [0.4, 0.5) is 4.79 Å². The lowest BCUT2D eigenvalue weighted by molar-refractivity contribution is -0.155. The molecule has 192 valence electrons. The van der Waals surface area contributed by atoms with Crippen LogP contribution < -0.4 is 10.6 Å². The molecule has 0 heterocycles. The first kappa shape index (κ1) is 30.9. The minimum absolute atomic E-state index is 0.00454. The number of ketones is 1. The molecule has 0 aliphatic carbocycles. The highest BCUT2D eigenvalue weighted by atomic mass is 16.6. The van der Waals surface area contributed by atoms with Crippen molar-refractivity contribution < 1.29 is 28.7 Å². The van der Waals surface area contributed by atoms with Crippen molar-refractivity contribution in [2.75, 3.05) is 0 Å². The van der Waals surface area contributed by atoms with Crippen molar-refractivity contribution in [3.8, 4) is 0 Å². The first-order valence-corrected chi connectivity index (χ1v) is 11.7. The summed E-state index contributed by atoms with van der Waals surface area (Å²) in [4.78, 5) is 50.4. The van der Waals surface area contributed by atoms with Crippen LogP contribution >= 0.6 is 0 Å². The largest absolute Gasteiger partial charge is 0.460 e. The first-order chi connectivity index (χ1) is 14.7. The second-order valence-corrected chi connectivity index (χ2v) is 12.1. The predicted octanol–water partition coefficient (Wildman–Crippen LogP) is 4.54. The molecule has 0 spiro atoms. The molecule has 0 rings (SSSR count). The van der Waals surface area contributed by atoms with Crippen molar-refractivity contribution in [3.63, 3.8) is 0 Å². The molecule has 2 amide bonds. The molecule has 0 radical (unpaired) electrons. The topological polar surface area (TPSA) is 111 Å². The summed E-state index contributed by atoms with van der Waals surface area (Å²) >= 11 is 0. The van der Waals surface area contributed by atoms with E-state index in [1.54, 1.807) is 41.5 Å². The Bertz CT molecular complexity index is 680. The van der Waals surface area contributed by atoms with Gasteiger partial charge in [-0.05, 0) is 65.7 Å². The average molecular weight is 471 g/mol. The second kappa shape index (κ2) is 12.4. The second-order valence-electron chi connectivity index (χ2n) is 12.1. The molecule has 0 saturated carbocycles. The third-order valence-corrected chi connectivity index (χ3v) is 4.50. The summed E-state index contributed by atoms with van der Waals surface area (Å²) in [7, 11) is 0. The fraction of sp³-hybridized carbons (Fsp3) is 0.840. The maximum atomic E-state index is 13.1. The molecule has 8 heteroatoms. The van der Waals surface area contributed by atoms with E-state index in [0.29, 0.717) is 12.8 Å². The summed E-state index contributed by atoms with van der Waals surface area (Å²) in [6.45, 7) is 20.3. The number of amides is 2. The number of rotatable bonds is 10. The Hall–Kier alpha value is -2.12. The molecule has 2 unspecified atom stereocenters. The average Bonchev–Trinajstić information content (AvgIpc) is 2.56. The fourth-order valence-electron chi connectivity index (χ4n) is 2.90. The summed E-state index contributed by atoms with van der Waals surface area (Å²) in [5, 5.41) is 5.32. The first-order valence-electron chi connectivity index (χ1n) is 11.7. The van der Waals surface area contributed by atoms with E-state index in [0.717, 1.165) is 0 Å². The molecule has 0 aliphatic rings. The van der Waals surface area contributed by atoms with E-state index >= 15 is 0 Å². The van der Waals surface area contributed by atoms with Gasteiger partial charge in [-0.1, -0.05) is 34.6 Å². The van der Waals surface area contributed by atoms with Gasteiger partial charge in [0.2, 0.25) is 5.91 Å². The van der Waals surface area contributed by atoms with Crippen LogP contribution in [0.25, 0.3) is 0 Å². The van der Waals surface area contributed by atoms with Crippen molar-refractivity contribution in [2.45, 2.75) is 125 Å². The van der Waals surface area contributed by atoms with E-state index in [1.165, 1.54) is 0 Å². The number of Topliss-reactive ketones (excluding diaryl/α,β-unsaturated/α-hetero) is 1. The highest BCUT2D eigenvalue weighted by molar-refractivity contribution is 5.92. The molecule has 8 nitrogen and oxygen atoms in total. The van der Waals surface area contributed by atoms with Crippen LogP contribution in [-0.4, -0.2) is 47.0 Å². The zero-order valence-corrected chi connectivity index (χ0v) is 22.5. The minimum Gasteiger partial charge on any atom is -0.460 e. The van der Waals surface area contributed by atoms with Gasteiger partial charge in [0.1, 0.15) is 17.2 Å². The van der Waals surface area contributed by atoms with Crippen LogP contribution in [0.1, 0.15) is 102 Å². The lowest BCUT2D eigenvalue weighted by Crippen LogP contribution is -2.53. The van der Waals surface area contributed by atoms with Gasteiger partial charge in [0.15, 0.2) is 5.78 Å². The van der Waals surface area contributed by atoms with Crippen molar-refractivity contribution >= 4 is 23.8 Å².